The molecular weight excluding hydrogens is 534 g/mol. The fourth-order valence-corrected chi connectivity index (χ4v) is 6.65. The molecule has 2 heterocycles. The second-order valence-electron chi connectivity index (χ2n) is 13.1. The van der Waals surface area contributed by atoms with Crippen molar-refractivity contribution in [1.29, 1.82) is 0 Å². The van der Waals surface area contributed by atoms with Crippen LogP contribution in [0.4, 0.5) is 5.69 Å². The third-order valence-corrected chi connectivity index (χ3v) is 9.02. The summed E-state index contributed by atoms with van der Waals surface area (Å²) in [5.74, 6) is 6.81. The number of carboxylic acid groups (broad SMARTS) is 1. The zero-order valence-electron chi connectivity index (χ0n) is 25.4. The maximum Gasteiger partial charge on any atom is 0.348 e. The molecule has 7 nitrogen and oxygen atoms in total. The van der Waals surface area contributed by atoms with Crippen LogP contribution in [0.25, 0.3) is 0 Å². The van der Waals surface area contributed by atoms with E-state index in [1.54, 1.807) is 12.4 Å². The number of hydrogen-bond donors (Lipinski definition) is 1. The van der Waals surface area contributed by atoms with E-state index in [0.717, 1.165) is 69.2 Å². The summed E-state index contributed by atoms with van der Waals surface area (Å²) in [4.78, 5) is 35.7. The summed E-state index contributed by atoms with van der Waals surface area (Å²) in [6.45, 7) is 9.10. The van der Waals surface area contributed by atoms with Crippen molar-refractivity contribution in [3.05, 3.63) is 39.8 Å². The molecule has 0 aliphatic heterocycles. The maximum atomic E-state index is 14.2. The third kappa shape index (κ3) is 8.33. The van der Waals surface area contributed by atoms with Gasteiger partial charge in [0.25, 0.3) is 0 Å². The molecule has 0 saturated heterocycles. The van der Waals surface area contributed by atoms with E-state index in [9.17, 15) is 14.7 Å². The number of amides is 1. The van der Waals surface area contributed by atoms with Gasteiger partial charge in [0.1, 0.15) is 10.6 Å². The van der Waals surface area contributed by atoms with Crippen LogP contribution in [0.15, 0.2) is 24.5 Å². The smallest absolute Gasteiger partial charge is 0.348 e. The number of carboxylic acids is 1. The van der Waals surface area contributed by atoms with Gasteiger partial charge in [-0.15, -0.1) is 11.3 Å². The lowest BCUT2D eigenvalue weighted by atomic mass is 9.81. The van der Waals surface area contributed by atoms with E-state index in [2.05, 4.69) is 28.6 Å². The largest absolute Gasteiger partial charge is 0.488 e. The molecule has 4 rings (SSSR count). The fraction of sp³-hybridized carbons (Fsp3) is 0.606. The molecule has 1 N–H and O–H groups in total. The molecule has 0 radical (unpaired) electrons. The molecule has 2 aromatic rings. The fourth-order valence-electron chi connectivity index (χ4n) is 5.81. The molecule has 1 amide bonds. The van der Waals surface area contributed by atoms with Gasteiger partial charge in [-0.05, 0) is 104 Å². The molecule has 2 aromatic heterocycles. The van der Waals surface area contributed by atoms with Crippen LogP contribution in [0, 0.1) is 29.1 Å². The van der Waals surface area contributed by atoms with Gasteiger partial charge in [-0.2, -0.15) is 0 Å². The van der Waals surface area contributed by atoms with Crippen LogP contribution in [-0.2, 0) is 11.3 Å². The molecule has 0 bridgehead atoms. The number of pyridine rings is 1. The highest BCUT2D eigenvalue weighted by Crippen LogP contribution is 2.39. The van der Waals surface area contributed by atoms with Crippen molar-refractivity contribution in [2.45, 2.75) is 97.8 Å². The Morgan fingerprint density at radius 3 is 2.39 bits per heavy atom. The Morgan fingerprint density at radius 1 is 1.10 bits per heavy atom. The van der Waals surface area contributed by atoms with Gasteiger partial charge in [0.2, 0.25) is 5.91 Å². The van der Waals surface area contributed by atoms with Crippen LogP contribution in [-0.4, -0.2) is 53.1 Å². The Kier molecular flexibility index (Phi) is 10.1. The van der Waals surface area contributed by atoms with Crippen LogP contribution >= 0.6 is 11.3 Å². The molecule has 2 fully saturated rings. The van der Waals surface area contributed by atoms with Gasteiger partial charge in [0.05, 0.1) is 22.9 Å². The highest BCUT2D eigenvalue weighted by atomic mass is 32.1. The quantitative estimate of drug-likeness (QED) is 0.345. The van der Waals surface area contributed by atoms with E-state index >= 15 is 0 Å². The minimum Gasteiger partial charge on any atom is -0.488 e. The topological polar surface area (TPSA) is 83.0 Å². The minimum atomic E-state index is -1.01. The normalized spacial score (nSPS) is 23.0. The maximum absolute atomic E-state index is 14.2. The Morgan fingerprint density at radius 2 is 1.78 bits per heavy atom. The molecule has 0 atom stereocenters. The van der Waals surface area contributed by atoms with Gasteiger partial charge in [0.15, 0.2) is 0 Å². The van der Waals surface area contributed by atoms with Gasteiger partial charge in [0, 0.05) is 35.7 Å². The van der Waals surface area contributed by atoms with Gasteiger partial charge in [-0.25, -0.2) is 4.79 Å². The second-order valence-corrected chi connectivity index (χ2v) is 14.1. The lowest BCUT2D eigenvalue weighted by Gasteiger charge is -2.39. The zero-order chi connectivity index (χ0) is 29.7. The van der Waals surface area contributed by atoms with Gasteiger partial charge >= 0.3 is 5.97 Å². The molecule has 2 saturated carbocycles. The summed E-state index contributed by atoms with van der Waals surface area (Å²) in [6.07, 6.45) is 10.5. The first kappa shape index (κ1) is 31.1. The van der Waals surface area contributed by atoms with E-state index < -0.39 is 5.97 Å². The van der Waals surface area contributed by atoms with Crippen molar-refractivity contribution in [3.8, 4) is 17.6 Å². The Labute approximate surface area is 249 Å². The second kappa shape index (κ2) is 13.4. The number of rotatable bonds is 8. The van der Waals surface area contributed by atoms with Crippen molar-refractivity contribution < 1.29 is 19.4 Å². The highest BCUT2D eigenvalue weighted by molar-refractivity contribution is 7.15. The predicted molar refractivity (Wildman–Crippen MR) is 165 cm³/mol. The van der Waals surface area contributed by atoms with E-state index in [1.165, 1.54) is 11.3 Å². The average Bonchev–Trinajstić information content (AvgIpc) is 3.34. The molecule has 2 aliphatic rings. The molecule has 8 heteroatoms. The SMILES string of the molecule is CC1CCC(C(=O)N(c2cc(C#CC(C)(C)C)sc2C(=O)O)[C@H]2CC[C@H](Oc3cnccc3CN(C)C)CC2)CC1. The number of hydrogen-bond acceptors (Lipinski definition) is 6. The number of aromatic nitrogens is 1. The van der Waals surface area contributed by atoms with Crippen molar-refractivity contribution in [1.82, 2.24) is 9.88 Å². The standard InChI is InChI=1S/C33H45N3O4S/c1-22-7-9-23(10-8-22)31(37)36(28-19-27(15-17-33(2,3)4)41-30(28)32(38)39)25-11-13-26(14-12-25)40-29-20-34-18-16-24(29)21-35(5)6/h16,18-20,22-23,25-26H,7-14,21H2,1-6H3,(H,38,39)/t22?,23?,25-,26-. The van der Waals surface area contributed by atoms with Gasteiger partial charge in [-0.1, -0.05) is 18.8 Å². The number of carbonyl (C=O) groups excluding carboxylic acids is 1. The third-order valence-electron chi connectivity index (χ3n) is 7.99. The van der Waals surface area contributed by atoms with Gasteiger partial charge in [-0.3, -0.25) is 9.78 Å². The van der Waals surface area contributed by atoms with Crippen LogP contribution < -0.4 is 9.64 Å². The zero-order valence-corrected chi connectivity index (χ0v) is 26.2. The lowest BCUT2D eigenvalue weighted by molar-refractivity contribution is -0.124. The molecule has 222 valence electrons. The van der Waals surface area contributed by atoms with Crippen molar-refractivity contribution in [3.63, 3.8) is 0 Å². The first-order valence-electron chi connectivity index (χ1n) is 14.9. The Bertz CT molecular complexity index is 1270. The molecule has 41 heavy (non-hydrogen) atoms. The van der Waals surface area contributed by atoms with Crippen molar-refractivity contribution >= 4 is 28.9 Å². The van der Waals surface area contributed by atoms with Crippen LogP contribution in [0.3, 0.4) is 0 Å². The summed E-state index contributed by atoms with van der Waals surface area (Å²) in [5.41, 5.74) is 1.40. The predicted octanol–water partition coefficient (Wildman–Crippen LogP) is 6.85. The molecule has 2 aliphatic carbocycles. The number of aromatic carboxylic acids is 1. The van der Waals surface area contributed by atoms with Crippen LogP contribution in [0.2, 0.25) is 0 Å². The van der Waals surface area contributed by atoms with Crippen LogP contribution in [0.1, 0.15) is 99.2 Å². The number of anilines is 1. The number of carbonyl (C=O) groups is 2. The Balaban J connectivity index is 1.59. The molecule has 0 spiro atoms. The summed E-state index contributed by atoms with van der Waals surface area (Å²) in [7, 11) is 4.06. The number of ether oxygens (including phenoxy) is 1. The van der Waals surface area contributed by atoms with E-state index in [0.29, 0.717) is 16.5 Å². The van der Waals surface area contributed by atoms with Crippen molar-refractivity contribution in [2.24, 2.45) is 17.3 Å². The van der Waals surface area contributed by atoms with Gasteiger partial charge < -0.3 is 19.6 Å². The molecule has 0 unspecified atom stereocenters. The number of thiophene rings is 1. The first-order valence-corrected chi connectivity index (χ1v) is 15.7. The monoisotopic (exact) mass is 579 g/mol. The lowest BCUT2D eigenvalue weighted by Crippen LogP contribution is -2.47. The van der Waals surface area contributed by atoms with E-state index in [4.69, 9.17) is 4.74 Å². The van der Waals surface area contributed by atoms with E-state index in [1.807, 2.05) is 51.9 Å². The first-order chi connectivity index (χ1) is 19.4. The molecule has 0 aromatic carbocycles. The summed E-state index contributed by atoms with van der Waals surface area (Å²) >= 11 is 1.17. The average molecular weight is 580 g/mol. The summed E-state index contributed by atoms with van der Waals surface area (Å²) < 4.78 is 6.44. The highest BCUT2D eigenvalue weighted by Gasteiger charge is 2.38. The summed E-state index contributed by atoms with van der Waals surface area (Å²) in [5, 5.41) is 10.2. The van der Waals surface area contributed by atoms with E-state index in [-0.39, 0.29) is 34.3 Å². The Hall–Kier alpha value is -2.89. The summed E-state index contributed by atoms with van der Waals surface area (Å²) in [6, 6.07) is 3.76. The van der Waals surface area contributed by atoms with Crippen molar-refractivity contribution in [2.75, 3.05) is 19.0 Å². The molecular formula is C33H45N3O4S. The number of nitrogens with zero attached hydrogens (tertiary/aromatic N) is 3. The minimum absolute atomic E-state index is 0.0264. The van der Waals surface area contributed by atoms with Crippen LogP contribution in [0.5, 0.6) is 5.75 Å².